The van der Waals surface area contributed by atoms with Gasteiger partial charge in [-0.05, 0) is 54.7 Å². The van der Waals surface area contributed by atoms with Crippen LogP contribution < -0.4 is 4.18 Å². The molecule has 0 aromatic heterocycles. The Morgan fingerprint density at radius 1 is 0.588 bits per heavy atom. The summed E-state index contributed by atoms with van der Waals surface area (Å²) in [5.74, 6) is -0.369. The quantitative estimate of drug-likeness (QED) is 0.150. The van der Waals surface area contributed by atoms with E-state index >= 15 is 0 Å². The maximum Gasteiger partial charge on any atom is 0.534 e. The van der Waals surface area contributed by atoms with Crippen LogP contribution in [0.2, 0.25) is 0 Å². The molecule has 0 aliphatic heterocycles. The molecule has 0 radical (unpaired) electrons. The Kier molecular flexibility index (Phi) is 4.32. The second-order valence-corrected chi connectivity index (χ2v) is 9.65. The Hall–Kier alpha value is -3.84. The van der Waals surface area contributed by atoms with Crippen LogP contribution in [0.5, 0.6) is 5.75 Å². The molecule has 0 aliphatic carbocycles. The van der Waals surface area contributed by atoms with E-state index in [9.17, 15) is 21.6 Å². The van der Waals surface area contributed by atoms with Crippen LogP contribution in [0.3, 0.4) is 0 Å². The lowest BCUT2D eigenvalue weighted by atomic mass is 9.88. The van der Waals surface area contributed by atoms with Gasteiger partial charge in [-0.15, -0.1) is 0 Å². The van der Waals surface area contributed by atoms with E-state index in [0.29, 0.717) is 16.5 Å². The Morgan fingerprint density at radius 2 is 1.18 bits per heavy atom. The lowest BCUT2D eigenvalue weighted by Crippen LogP contribution is -2.28. The van der Waals surface area contributed by atoms with E-state index in [1.807, 2.05) is 60.7 Å². The topological polar surface area (TPSA) is 43.4 Å². The van der Waals surface area contributed by atoms with Crippen molar-refractivity contribution in [3.05, 3.63) is 91.0 Å². The summed E-state index contributed by atoms with van der Waals surface area (Å²) >= 11 is 0. The van der Waals surface area contributed by atoms with Crippen molar-refractivity contribution < 1.29 is 25.8 Å². The van der Waals surface area contributed by atoms with Crippen molar-refractivity contribution in [2.45, 2.75) is 5.51 Å². The fourth-order valence-electron chi connectivity index (χ4n) is 4.72. The Balaban J connectivity index is 1.73. The van der Waals surface area contributed by atoms with Gasteiger partial charge in [-0.1, -0.05) is 84.9 Å². The zero-order chi connectivity index (χ0) is 23.7. The van der Waals surface area contributed by atoms with Gasteiger partial charge in [-0.2, -0.15) is 21.6 Å². The number of benzene rings is 6. The summed E-state index contributed by atoms with van der Waals surface area (Å²) in [6, 6.07) is 27.6. The largest absolute Gasteiger partial charge is 0.534 e. The molecule has 0 aliphatic rings. The van der Waals surface area contributed by atoms with Crippen molar-refractivity contribution in [2.24, 2.45) is 0 Å². The molecule has 6 aromatic rings. The van der Waals surface area contributed by atoms with Crippen LogP contribution in [0.15, 0.2) is 91.0 Å². The summed E-state index contributed by atoms with van der Waals surface area (Å²) in [6.45, 7) is 0. The first-order valence-corrected chi connectivity index (χ1v) is 11.8. The molecule has 0 spiro atoms. The fourth-order valence-corrected chi connectivity index (χ4v) is 5.19. The van der Waals surface area contributed by atoms with Crippen LogP contribution in [0, 0.1) is 0 Å². The lowest BCUT2D eigenvalue weighted by molar-refractivity contribution is -0.0499. The van der Waals surface area contributed by atoms with E-state index in [2.05, 4.69) is 0 Å². The van der Waals surface area contributed by atoms with Gasteiger partial charge in [0.1, 0.15) is 0 Å². The summed E-state index contributed by atoms with van der Waals surface area (Å²) in [4.78, 5) is 0. The summed E-state index contributed by atoms with van der Waals surface area (Å²) < 4.78 is 68.1. The molecule has 34 heavy (non-hydrogen) atoms. The highest BCUT2D eigenvalue weighted by Gasteiger charge is 2.49. The minimum Gasteiger partial charge on any atom is -0.375 e. The first-order chi connectivity index (χ1) is 16.2. The molecule has 0 heterocycles. The van der Waals surface area contributed by atoms with Crippen LogP contribution in [0.1, 0.15) is 0 Å². The van der Waals surface area contributed by atoms with Gasteiger partial charge in [0, 0.05) is 5.56 Å². The van der Waals surface area contributed by atoms with Gasteiger partial charge < -0.3 is 4.18 Å². The van der Waals surface area contributed by atoms with E-state index in [-0.39, 0.29) is 5.75 Å². The molecule has 0 N–H and O–H groups in total. The Bertz CT molecular complexity index is 1820. The lowest BCUT2D eigenvalue weighted by Gasteiger charge is -2.18. The van der Waals surface area contributed by atoms with Crippen LogP contribution in [0.4, 0.5) is 13.2 Å². The highest BCUT2D eigenvalue weighted by molar-refractivity contribution is 7.88. The first-order valence-electron chi connectivity index (χ1n) is 10.4. The molecule has 6 rings (SSSR count). The van der Waals surface area contributed by atoms with Gasteiger partial charge in [0.25, 0.3) is 0 Å². The third-order valence-corrected chi connectivity index (χ3v) is 7.14. The molecule has 168 valence electrons. The smallest absolute Gasteiger partial charge is 0.375 e. The standard InChI is InChI=1S/C27H15F3O3S/c28-27(29,30)34(31,32)33-23-15-12-16-4-1-2-7-20(16)26(23)22-14-11-19-9-8-17-5-3-6-18-10-13-21(22)25(19)24(17)18/h1-15H. The summed E-state index contributed by atoms with van der Waals surface area (Å²) in [5, 5.41) is 7.22. The van der Waals surface area contributed by atoms with E-state index in [4.69, 9.17) is 4.18 Å². The highest BCUT2D eigenvalue weighted by atomic mass is 32.2. The maximum absolute atomic E-state index is 13.2. The zero-order valence-electron chi connectivity index (χ0n) is 17.4. The van der Waals surface area contributed by atoms with E-state index < -0.39 is 15.6 Å². The minimum atomic E-state index is -5.85. The molecule has 0 bridgehead atoms. The van der Waals surface area contributed by atoms with Crippen LogP contribution >= 0.6 is 0 Å². The molecule has 0 saturated carbocycles. The summed E-state index contributed by atoms with van der Waals surface area (Å²) in [6.07, 6.45) is 0. The average molecular weight is 476 g/mol. The highest BCUT2D eigenvalue weighted by Crippen LogP contribution is 2.45. The third kappa shape index (κ3) is 3.00. The second-order valence-electron chi connectivity index (χ2n) is 8.11. The summed E-state index contributed by atoms with van der Waals surface area (Å²) in [5.41, 5.74) is -4.66. The van der Waals surface area contributed by atoms with Crippen LogP contribution in [0.25, 0.3) is 54.2 Å². The Labute approximate surface area is 192 Å². The molecule has 0 atom stereocenters. The third-order valence-electron chi connectivity index (χ3n) is 6.17. The molecule has 3 nitrogen and oxygen atoms in total. The minimum absolute atomic E-state index is 0.295. The van der Waals surface area contributed by atoms with Gasteiger partial charge in [0.15, 0.2) is 5.75 Å². The van der Waals surface area contributed by atoms with Crippen molar-refractivity contribution in [1.82, 2.24) is 0 Å². The monoisotopic (exact) mass is 476 g/mol. The predicted octanol–water partition coefficient (Wildman–Crippen LogP) is 7.63. The SMILES string of the molecule is O=S(=O)(Oc1ccc2ccccc2c1-c1ccc2ccc3cccc4ccc1c2c34)C(F)(F)F. The van der Waals surface area contributed by atoms with Gasteiger partial charge in [-0.25, -0.2) is 0 Å². The van der Waals surface area contributed by atoms with Crippen LogP contribution in [-0.2, 0) is 10.1 Å². The zero-order valence-corrected chi connectivity index (χ0v) is 18.2. The molecule has 0 amide bonds. The summed E-state index contributed by atoms with van der Waals surface area (Å²) in [7, 11) is -5.85. The number of hydrogen-bond donors (Lipinski definition) is 0. The Morgan fingerprint density at radius 3 is 1.91 bits per heavy atom. The first kappa shape index (κ1) is 20.7. The van der Waals surface area contributed by atoms with Crippen molar-refractivity contribution in [1.29, 1.82) is 0 Å². The van der Waals surface area contributed by atoms with Gasteiger partial charge in [-0.3, -0.25) is 0 Å². The number of rotatable bonds is 3. The van der Waals surface area contributed by atoms with E-state index in [1.54, 1.807) is 24.3 Å². The predicted molar refractivity (Wildman–Crippen MR) is 129 cm³/mol. The van der Waals surface area contributed by atoms with Crippen molar-refractivity contribution in [3.8, 4) is 16.9 Å². The molecular weight excluding hydrogens is 461 g/mol. The van der Waals surface area contributed by atoms with Crippen molar-refractivity contribution in [3.63, 3.8) is 0 Å². The van der Waals surface area contributed by atoms with Crippen molar-refractivity contribution >= 4 is 53.2 Å². The van der Waals surface area contributed by atoms with E-state index in [1.165, 1.54) is 6.07 Å². The van der Waals surface area contributed by atoms with Gasteiger partial charge >= 0.3 is 15.6 Å². The molecule has 0 fully saturated rings. The van der Waals surface area contributed by atoms with Gasteiger partial charge in [0.2, 0.25) is 0 Å². The molecule has 7 heteroatoms. The number of fused-ring (bicyclic) bond motifs is 1. The van der Waals surface area contributed by atoms with Crippen molar-refractivity contribution in [2.75, 3.05) is 0 Å². The molecule has 6 aromatic carbocycles. The maximum atomic E-state index is 13.2. The number of alkyl halides is 3. The second kappa shape index (κ2) is 7.08. The average Bonchev–Trinajstić information content (AvgIpc) is 2.82. The number of halogens is 3. The normalized spacial score (nSPS) is 12.8. The fraction of sp³-hybridized carbons (Fsp3) is 0.0370. The molecular formula is C27H15F3O3S. The number of hydrogen-bond acceptors (Lipinski definition) is 3. The molecule has 0 unspecified atom stereocenters. The van der Waals surface area contributed by atoms with Crippen LogP contribution in [-0.4, -0.2) is 13.9 Å². The van der Waals surface area contributed by atoms with E-state index in [0.717, 1.165) is 37.7 Å². The van der Waals surface area contributed by atoms with Gasteiger partial charge in [0.05, 0.1) is 0 Å². The molecule has 0 saturated heterocycles.